The van der Waals surface area contributed by atoms with Crippen molar-refractivity contribution in [3.63, 3.8) is 0 Å². The predicted octanol–water partition coefficient (Wildman–Crippen LogP) is 9.97. The van der Waals surface area contributed by atoms with E-state index in [0.717, 1.165) is 46.7 Å². The smallest absolute Gasteiger partial charge is 0.418 e. The minimum Gasteiger partial charge on any atom is -0.508 e. The first-order chi connectivity index (χ1) is 39.4. The molecule has 6 atom stereocenters. The van der Waals surface area contributed by atoms with Crippen molar-refractivity contribution in [3.8, 4) is 39.3 Å². The topological polar surface area (TPSA) is 222 Å². The van der Waals surface area contributed by atoms with Gasteiger partial charge in [0.15, 0.2) is 11.6 Å². The summed E-state index contributed by atoms with van der Waals surface area (Å²) in [6.07, 6.45) is -2.21. The van der Waals surface area contributed by atoms with Gasteiger partial charge >= 0.3 is 18.3 Å². The van der Waals surface area contributed by atoms with Gasteiger partial charge in [-0.25, -0.2) is 14.2 Å². The van der Waals surface area contributed by atoms with Crippen molar-refractivity contribution in [2.24, 2.45) is 11.8 Å². The number of ether oxygens (including phenoxy) is 3. The molecule has 0 saturated carbocycles. The molecule has 4 fully saturated rings. The van der Waals surface area contributed by atoms with Crippen LogP contribution in [0.3, 0.4) is 0 Å². The summed E-state index contributed by atoms with van der Waals surface area (Å²) in [5.41, 5.74) is 0.717. The fraction of sp³-hybridized carbons (Fsp3) is 0.517. The molecule has 3 N–H and O–H groups in total. The van der Waals surface area contributed by atoms with E-state index in [1.165, 1.54) is 11.1 Å². The molecule has 4 aliphatic heterocycles. The lowest BCUT2D eigenvalue weighted by Gasteiger charge is -2.42. The number of aromatic hydroxyl groups is 1. The van der Waals surface area contributed by atoms with Crippen molar-refractivity contribution in [1.29, 1.82) is 0 Å². The number of anilines is 1. The summed E-state index contributed by atoms with van der Waals surface area (Å²) in [4.78, 5) is 67.4. The number of likely N-dealkylation sites (tertiary alicyclic amines) is 2. The van der Waals surface area contributed by atoms with E-state index < -0.39 is 69.3 Å². The maximum Gasteiger partial charge on any atom is 0.418 e. The van der Waals surface area contributed by atoms with Crippen LogP contribution >= 0.6 is 22.9 Å². The van der Waals surface area contributed by atoms with Crippen LogP contribution in [0.15, 0.2) is 58.7 Å². The van der Waals surface area contributed by atoms with E-state index in [1.807, 2.05) is 62.4 Å². The molecule has 3 amide bonds. The lowest BCUT2D eigenvalue weighted by Crippen LogP contribution is -2.57. The van der Waals surface area contributed by atoms with E-state index in [1.54, 1.807) is 43.1 Å². The number of hydrogen-bond acceptors (Lipinski definition) is 17. The number of nitrogens with zero attached hydrogens (tertiary/aromatic N) is 9. The molecule has 0 spiro atoms. The maximum atomic E-state index is 16.9. The first-order valence-electron chi connectivity index (χ1n) is 27.9. The lowest BCUT2D eigenvalue weighted by atomic mass is 9.91. The van der Waals surface area contributed by atoms with Crippen molar-refractivity contribution in [2.75, 3.05) is 57.4 Å². The highest BCUT2D eigenvalue weighted by atomic mass is 35.5. The highest BCUT2D eigenvalue weighted by Crippen LogP contribution is 2.45. The molecule has 0 radical (unpaired) electrons. The molecule has 2 aromatic carbocycles. The molecule has 10 rings (SSSR count). The monoisotopic (exact) mass is 1190 g/mol. The predicted molar refractivity (Wildman–Crippen MR) is 301 cm³/mol. The molecule has 444 valence electrons. The maximum absolute atomic E-state index is 16.9. The number of aromatic nitrogens is 5. The van der Waals surface area contributed by atoms with E-state index in [4.69, 9.17) is 35.3 Å². The number of rotatable bonds is 16. The number of aryl methyl sites for hydroxylation is 1. The van der Waals surface area contributed by atoms with Gasteiger partial charge in [0.05, 0.1) is 62.9 Å². The highest BCUT2D eigenvalue weighted by Gasteiger charge is 2.47. The molecular weight excluding hydrogens is 1120 g/mol. The second kappa shape index (κ2) is 24.0. The fourth-order valence-electron chi connectivity index (χ4n) is 11.7. The summed E-state index contributed by atoms with van der Waals surface area (Å²) >= 11 is 7.56. The number of aliphatic hydroxyl groups excluding tert-OH is 1. The van der Waals surface area contributed by atoms with Gasteiger partial charge in [-0.15, -0.1) is 11.3 Å². The zero-order chi connectivity index (χ0) is 59.2. The summed E-state index contributed by atoms with van der Waals surface area (Å²) in [5.74, 6) is -2.75. The van der Waals surface area contributed by atoms with E-state index in [0.29, 0.717) is 52.2 Å². The number of aliphatic hydroxyl groups is 1. The Labute approximate surface area is 486 Å². The van der Waals surface area contributed by atoms with Crippen LogP contribution in [0.2, 0.25) is 5.02 Å². The van der Waals surface area contributed by atoms with Crippen LogP contribution in [-0.4, -0.2) is 150 Å². The van der Waals surface area contributed by atoms with Crippen LogP contribution in [0.4, 0.5) is 28.2 Å². The summed E-state index contributed by atoms with van der Waals surface area (Å²) in [7, 11) is 0. The molecule has 2 unspecified atom stereocenters. The number of hydrogen-bond donors (Lipinski definition) is 3. The van der Waals surface area contributed by atoms with Crippen LogP contribution < -0.4 is 19.7 Å². The number of piperidine rings is 1. The van der Waals surface area contributed by atoms with Crippen molar-refractivity contribution in [2.45, 2.75) is 129 Å². The standard InChI is InChI=1S/C58H67ClF4N10O9S/c1-30(2)46(54(77)72-27-39(75)22-43(72)53(76)66-31(3)34-8-10-35(11-9-34)51-32(4)65-29-83-51)44-23-45(69-82-44)80-28-33-14-16-70(17-15-33)18-19-79-55-67-50-41(24-64-49(48(50)60)40-20-38(74)21-42(59)47(40)58(61,62)63)52(68-55)71-25-36-12-13-37(26-71)73(36)56(78)81-57(5,6)7/h8-11,20-21,23-24,29-31,33,36-37,39,43,46,74-75H,12-19,22,25-28H2,1-7H3,(H,66,76)/t31-,36?,37?,39+,43-,46+/m0/s1. The van der Waals surface area contributed by atoms with Gasteiger partial charge in [-0.1, -0.05) is 49.7 Å². The quantitative estimate of drug-likeness (QED) is 0.0767. The van der Waals surface area contributed by atoms with Gasteiger partial charge in [0, 0.05) is 50.4 Å². The van der Waals surface area contributed by atoms with Crippen LogP contribution in [-0.2, 0) is 20.5 Å². The average molecular weight is 1190 g/mol. The summed E-state index contributed by atoms with van der Waals surface area (Å²) in [6, 6.07) is 8.97. The SMILES string of the molecule is Cc1ncsc1-c1ccc([C@H](C)NC(=O)[C@@H]2C[C@@H](O)CN2C(=O)[C@@H](c2cc(OCC3CCN(CCOc4nc(N5CC6CCC(C5)N6C(=O)OC(C)(C)C)c5cnc(-c6cc(O)cc(Cl)c6C(F)(F)F)c(F)c5n4)CC3)no2)C(C)C)cc1. The Morgan fingerprint density at radius 3 is 2.31 bits per heavy atom. The molecule has 4 saturated heterocycles. The van der Waals surface area contributed by atoms with Gasteiger partial charge in [-0.05, 0) is 114 Å². The van der Waals surface area contributed by atoms with Crippen molar-refractivity contribution in [1.82, 2.24) is 45.1 Å². The van der Waals surface area contributed by atoms with E-state index in [9.17, 15) is 37.8 Å². The molecule has 0 aliphatic carbocycles. The molecule has 6 aromatic rings. The zero-order valence-electron chi connectivity index (χ0n) is 47.1. The lowest BCUT2D eigenvalue weighted by molar-refractivity contribution is -0.141. The Morgan fingerprint density at radius 1 is 0.952 bits per heavy atom. The Hall–Kier alpha value is -6.89. The van der Waals surface area contributed by atoms with Crippen LogP contribution in [0.5, 0.6) is 17.6 Å². The number of thiazole rings is 1. The van der Waals surface area contributed by atoms with Gasteiger partial charge in [0.25, 0.3) is 5.88 Å². The molecule has 83 heavy (non-hydrogen) atoms. The zero-order valence-corrected chi connectivity index (χ0v) is 48.7. The summed E-state index contributed by atoms with van der Waals surface area (Å²) in [6.45, 7) is 15.7. The minimum atomic E-state index is -5.03. The largest absolute Gasteiger partial charge is 0.508 e. The van der Waals surface area contributed by atoms with Gasteiger partial charge in [-0.2, -0.15) is 23.1 Å². The van der Waals surface area contributed by atoms with Gasteiger partial charge in [0.1, 0.15) is 46.9 Å². The first kappa shape index (κ1) is 59.3. The number of alkyl halides is 3. The molecule has 8 heterocycles. The second-order valence-electron chi connectivity index (χ2n) is 23.3. The Bertz CT molecular complexity index is 3340. The Balaban J connectivity index is 0.762. The third-order valence-corrected chi connectivity index (χ3v) is 17.1. The van der Waals surface area contributed by atoms with E-state index >= 15 is 4.39 Å². The van der Waals surface area contributed by atoms with Crippen molar-refractivity contribution < 1.29 is 60.9 Å². The molecule has 2 bridgehead atoms. The van der Waals surface area contributed by atoms with Gasteiger partial charge in [0.2, 0.25) is 11.8 Å². The molecule has 4 aliphatic rings. The normalized spacial score (nSPS) is 20.5. The average Bonchev–Trinajstić information content (AvgIpc) is 4.03. The summed E-state index contributed by atoms with van der Waals surface area (Å²) < 4.78 is 83.8. The third-order valence-electron chi connectivity index (χ3n) is 15.8. The molecule has 25 heteroatoms. The number of amides is 3. The number of pyridine rings is 1. The van der Waals surface area contributed by atoms with Gasteiger partial charge < -0.3 is 44.1 Å². The number of β-amino-alcohol motifs (C(OH)–C–C–N with tert-alkyl or cyclic N) is 1. The first-order valence-corrected chi connectivity index (χ1v) is 29.1. The molecule has 4 aromatic heterocycles. The highest BCUT2D eigenvalue weighted by molar-refractivity contribution is 7.13. The van der Waals surface area contributed by atoms with Crippen LogP contribution in [0.25, 0.3) is 32.6 Å². The Kier molecular flexibility index (Phi) is 17.1. The van der Waals surface area contributed by atoms with Crippen molar-refractivity contribution >= 4 is 57.6 Å². The van der Waals surface area contributed by atoms with E-state index in [-0.39, 0.29) is 95.7 Å². The van der Waals surface area contributed by atoms with Crippen molar-refractivity contribution in [3.05, 3.63) is 87.6 Å². The number of phenolic OH excluding ortho intramolecular Hbond substituents is 1. The van der Waals surface area contributed by atoms with Crippen LogP contribution in [0, 0.1) is 24.6 Å². The number of benzene rings is 2. The number of piperazine rings is 1. The second-order valence-corrected chi connectivity index (χ2v) is 24.5. The van der Waals surface area contributed by atoms with Gasteiger partial charge in [-0.3, -0.25) is 24.4 Å². The third kappa shape index (κ3) is 12.9. The number of halogens is 5. The number of fused-ring (bicyclic) bond motifs is 3. The number of carbonyl (C=O) groups is 3. The Morgan fingerprint density at radius 2 is 1.66 bits per heavy atom. The van der Waals surface area contributed by atoms with E-state index in [2.05, 4.69) is 30.3 Å². The minimum absolute atomic E-state index is 0.00848. The molecular formula is C58H67ClF4N10O9S. The summed E-state index contributed by atoms with van der Waals surface area (Å²) in [5, 5.41) is 27.5. The number of phenols is 1. The number of nitrogens with one attached hydrogen (secondary N) is 1. The molecule has 19 nitrogen and oxygen atoms in total. The van der Waals surface area contributed by atoms with Crippen LogP contribution in [0.1, 0.15) is 108 Å². The number of carbonyl (C=O) groups excluding carboxylic acids is 3. The fourth-order valence-corrected chi connectivity index (χ4v) is 12.9.